The molecule has 8 nitrogen and oxygen atoms in total. The predicted molar refractivity (Wildman–Crippen MR) is 113 cm³/mol. The van der Waals surface area contributed by atoms with Crippen molar-refractivity contribution in [1.29, 1.82) is 0 Å². The molecule has 0 amide bonds. The van der Waals surface area contributed by atoms with Crippen molar-refractivity contribution in [2.45, 2.75) is 62.3 Å². The molecule has 2 aromatic carbocycles. The Balaban J connectivity index is 0.000000181. The zero-order chi connectivity index (χ0) is 23.2. The lowest BCUT2D eigenvalue weighted by molar-refractivity contribution is -0.163. The number of rotatable bonds is 8. The summed E-state index contributed by atoms with van der Waals surface area (Å²) in [4.78, 5) is 22.7. The standard InChI is InChI=1S/2C12H14O4/c2*13-10(12(15)6-7-12)11(14)16-8-9-4-2-1-3-5-9/h2*1-5,10,13,15H,6-8H2/t2*10-/m10/s1. The molecule has 0 heterocycles. The normalized spacial score (nSPS) is 18.9. The maximum absolute atomic E-state index is 11.4. The van der Waals surface area contributed by atoms with Crippen LogP contribution in [0.5, 0.6) is 0 Å². The Hall–Kier alpha value is -2.78. The number of carbonyl (C=O) groups is 2. The van der Waals surface area contributed by atoms with E-state index in [9.17, 15) is 30.0 Å². The summed E-state index contributed by atoms with van der Waals surface area (Å²) in [5.41, 5.74) is -0.779. The van der Waals surface area contributed by atoms with E-state index in [4.69, 9.17) is 9.47 Å². The summed E-state index contributed by atoms with van der Waals surface area (Å²) in [6, 6.07) is 18.4. The molecule has 2 saturated carbocycles. The zero-order valence-electron chi connectivity index (χ0n) is 17.6. The molecular formula is C24H28O8. The molecule has 2 atom stereocenters. The lowest BCUT2D eigenvalue weighted by Gasteiger charge is -2.15. The Morgan fingerprint density at radius 2 is 1.00 bits per heavy atom. The van der Waals surface area contributed by atoms with Crippen LogP contribution in [0.1, 0.15) is 36.8 Å². The molecule has 8 heteroatoms. The lowest BCUT2D eigenvalue weighted by atomic mass is 10.2. The van der Waals surface area contributed by atoms with Gasteiger partial charge in [-0.3, -0.25) is 0 Å². The third-order valence-electron chi connectivity index (χ3n) is 5.44. The van der Waals surface area contributed by atoms with Crippen LogP contribution in [0.2, 0.25) is 0 Å². The van der Waals surface area contributed by atoms with Gasteiger partial charge in [-0.05, 0) is 36.8 Å². The van der Waals surface area contributed by atoms with Gasteiger partial charge < -0.3 is 29.9 Å². The van der Waals surface area contributed by atoms with E-state index in [1.54, 1.807) is 0 Å². The van der Waals surface area contributed by atoms with Crippen molar-refractivity contribution in [3.8, 4) is 0 Å². The molecule has 0 aromatic heterocycles. The van der Waals surface area contributed by atoms with Crippen LogP contribution < -0.4 is 0 Å². The van der Waals surface area contributed by atoms with E-state index in [0.717, 1.165) is 11.1 Å². The number of benzene rings is 2. The highest BCUT2D eigenvalue weighted by Gasteiger charge is 2.52. The highest BCUT2D eigenvalue weighted by atomic mass is 16.6. The first-order valence-electron chi connectivity index (χ1n) is 10.5. The fraction of sp³-hybridized carbons (Fsp3) is 0.417. The van der Waals surface area contributed by atoms with Crippen LogP contribution in [-0.2, 0) is 32.3 Å². The molecule has 0 spiro atoms. The van der Waals surface area contributed by atoms with Crippen LogP contribution in [0.15, 0.2) is 60.7 Å². The molecule has 2 fully saturated rings. The van der Waals surface area contributed by atoms with Crippen molar-refractivity contribution in [3.05, 3.63) is 71.8 Å². The molecule has 32 heavy (non-hydrogen) atoms. The Labute approximate surface area is 186 Å². The average molecular weight is 444 g/mol. The van der Waals surface area contributed by atoms with Crippen molar-refractivity contribution in [2.75, 3.05) is 0 Å². The van der Waals surface area contributed by atoms with Gasteiger partial charge in [0.25, 0.3) is 0 Å². The summed E-state index contributed by atoms with van der Waals surface area (Å²) in [7, 11) is 0. The molecule has 2 aromatic rings. The minimum Gasteiger partial charge on any atom is -0.459 e. The first kappa shape index (κ1) is 23.9. The molecule has 0 radical (unpaired) electrons. The molecule has 0 saturated heterocycles. The number of hydrogen-bond acceptors (Lipinski definition) is 8. The summed E-state index contributed by atoms with van der Waals surface area (Å²) >= 11 is 0. The second-order valence-corrected chi connectivity index (χ2v) is 8.20. The number of esters is 2. The van der Waals surface area contributed by atoms with Crippen molar-refractivity contribution < 1.29 is 39.5 Å². The van der Waals surface area contributed by atoms with Crippen LogP contribution in [0.4, 0.5) is 0 Å². The predicted octanol–water partition coefficient (Wildman–Crippen LogP) is 1.23. The number of ether oxygens (including phenoxy) is 2. The summed E-state index contributed by atoms with van der Waals surface area (Å²) in [6.07, 6.45) is -1.03. The van der Waals surface area contributed by atoms with Gasteiger partial charge in [0.2, 0.25) is 0 Å². The Kier molecular flexibility index (Phi) is 7.63. The number of aliphatic hydroxyl groups is 4. The molecule has 0 bridgehead atoms. The van der Waals surface area contributed by atoms with Gasteiger partial charge in [-0.15, -0.1) is 0 Å². The minimum atomic E-state index is -1.42. The van der Waals surface area contributed by atoms with Crippen LogP contribution >= 0.6 is 0 Å². The van der Waals surface area contributed by atoms with Gasteiger partial charge in [-0.2, -0.15) is 0 Å². The molecule has 0 unspecified atom stereocenters. The Morgan fingerprint density at radius 1 is 0.688 bits per heavy atom. The van der Waals surface area contributed by atoms with Gasteiger partial charge in [-0.25, -0.2) is 9.59 Å². The maximum atomic E-state index is 11.4. The van der Waals surface area contributed by atoms with E-state index in [1.165, 1.54) is 0 Å². The van der Waals surface area contributed by atoms with E-state index in [0.29, 0.717) is 25.7 Å². The van der Waals surface area contributed by atoms with Crippen LogP contribution in [0.25, 0.3) is 0 Å². The highest BCUT2D eigenvalue weighted by molar-refractivity contribution is 5.77. The Morgan fingerprint density at radius 3 is 1.28 bits per heavy atom. The fourth-order valence-electron chi connectivity index (χ4n) is 2.86. The third-order valence-corrected chi connectivity index (χ3v) is 5.44. The maximum Gasteiger partial charge on any atom is 0.338 e. The molecule has 4 rings (SSSR count). The highest BCUT2D eigenvalue weighted by Crippen LogP contribution is 2.39. The van der Waals surface area contributed by atoms with Crippen LogP contribution in [0, 0.1) is 0 Å². The van der Waals surface area contributed by atoms with E-state index >= 15 is 0 Å². The van der Waals surface area contributed by atoms with Gasteiger partial charge in [0.1, 0.15) is 24.4 Å². The van der Waals surface area contributed by atoms with Crippen molar-refractivity contribution >= 4 is 11.9 Å². The largest absolute Gasteiger partial charge is 0.459 e. The van der Waals surface area contributed by atoms with Crippen molar-refractivity contribution in [2.24, 2.45) is 0 Å². The van der Waals surface area contributed by atoms with E-state index < -0.39 is 35.3 Å². The molecule has 0 aliphatic heterocycles. The molecule has 172 valence electrons. The summed E-state index contributed by atoms with van der Waals surface area (Å²) in [5.74, 6) is -1.52. The number of carbonyl (C=O) groups excluding carboxylic acids is 2. The van der Waals surface area contributed by atoms with Crippen molar-refractivity contribution in [3.63, 3.8) is 0 Å². The third kappa shape index (κ3) is 6.61. The summed E-state index contributed by atoms with van der Waals surface area (Å²) in [5, 5.41) is 38.0. The summed E-state index contributed by atoms with van der Waals surface area (Å²) in [6.45, 7) is 0.236. The number of aliphatic hydroxyl groups excluding tert-OH is 2. The topological polar surface area (TPSA) is 134 Å². The Bertz CT molecular complexity index is 815. The molecule has 4 N–H and O–H groups in total. The van der Waals surface area contributed by atoms with Gasteiger partial charge in [0.05, 0.1) is 0 Å². The second kappa shape index (κ2) is 10.2. The van der Waals surface area contributed by atoms with Gasteiger partial charge in [0.15, 0.2) is 12.2 Å². The van der Waals surface area contributed by atoms with Gasteiger partial charge in [-0.1, -0.05) is 60.7 Å². The van der Waals surface area contributed by atoms with Gasteiger partial charge >= 0.3 is 11.9 Å². The van der Waals surface area contributed by atoms with Crippen LogP contribution in [-0.4, -0.2) is 55.8 Å². The fourth-order valence-corrected chi connectivity index (χ4v) is 2.86. The van der Waals surface area contributed by atoms with Gasteiger partial charge in [0, 0.05) is 0 Å². The minimum absolute atomic E-state index is 0.118. The quantitative estimate of drug-likeness (QED) is 0.447. The molecular weight excluding hydrogens is 416 g/mol. The molecule has 2 aliphatic rings. The monoisotopic (exact) mass is 444 g/mol. The first-order chi connectivity index (χ1) is 15.2. The van der Waals surface area contributed by atoms with E-state index in [1.807, 2.05) is 60.7 Å². The second-order valence-electron chi connectivity index (χ2n) is 8.20. The lowest BCUT2D eigenvalue weighted by Crippen LogP contribution is -2.36. The smallest absolute Gasteiger partial charge is 0.338 e. The zero-order valence-corrected chi connectivity index (χ0v) is 17.6. The van der Waals surface area contributed by atoms with E-state index in [2.05, 4.69) is 0 Å². The summed E-state index contributed by atoms with van der Waals surface area (Å²) < 4.78 is 9.81. The molecule has 2 aliphatic carbocycles. The SMILES string of the molecule is O=C(OCc1ccccc1)[C@@H](O)C1(O)CC1.O=C(OCc1ccccc1)[C@H](O)C1(O)CC1. The first-order valence-corrected chi connectivity index (χ1v) is 10.5. The number of hydrogen-bond donors (Lipinski definition) is 4. The average Bonchev–Trinajstić information content (AvgIpc) is 3.75. The van der Waals surface area contributed by atoms with Crippen molar-refractivity contribution in [1.82, 2.24) is 0 Å². The van der Waals surface area contributed by atoms with Crippen LogP contribution in [0.3, 0.4) is 0 Å². The van der Waals surface area contributed by atoms with E-state index in [-0.39, 0.29) is 13.2 Å².